The minimum absolute atomic E-state index is 0.164. The Labute approximate surface area is 112 Å². The van der Waals surface area contributed by atoms with Gasteiger partial charge in [-0.1, -0.05) is 26.0 Å². The fourth-order valence-electron chi connectivity index (χ4n) is 1.90. The average Bonchev–Trinajstić information content (AvgIpc) is 2.31. The van der Waals surface area contributed by atoms with E-state index < -0.39 is 0 Å². The van der Waals surface area contributed by atoms with Crippen LogP contribution in [0.2, 0.25) is 0 Å². The first-order valence-electron chi connectivity index (χ1n) is 6.42. The van der Waals surface area contributed by atoms with Gasteiger partial charge in [0.2, 0.25) is 0 Å². The second-order valence-electron chi connectivity index (χ2n) is 4.99. The van der Waals surface area contributed by atoms with E-state index in [9.17, 15) is 4.39 Å². The Morgan fingerprint density at radius 3 is 2.68 bits per heavy atom. The van der Waals surface area contributed by atoms with Crippen LogP contribution in [-0.2, 0) is 4.74 Å². The van der Waals surface area contributed by atoms with E-state index in [4.69, 9.17) is 10.6 Å². The van der Waals surface area contributed by atoms with Crippen molar-refractivity contribution in [3.05, 3.63) is 41.3 Å². The van der Waals surface area contributed by atoms with Gasteiger partial charge in [-0.3, -0.25) is 5.84 Å². The first-order valence-corrected chi connectivity index (χ1v) is 6.42. The number of hydrazine groups is 1. The molecule has 0 amide bonds. The Morgan fingerprint density at radius 2 is 2.21 bits per heavy atom. The molecule has 0 radical (unpaired) electrons. The number of ether oxygens (including phenoxy) is 1. The molecule has 2 rings (SSSR count). The molecular weight excluding hydrogens is 245 g/mol. The summed E-state index contributed by atoms with van der Waals surface area (Å²) < 4.78 is 19.0. The Morgan fingerprint density at radius 1 is 1.47 bits per heavy atom. The Hall–Kier alpha value is -1.59. The third kappa shape index (κ3) is 3.24. The van der Waals surface area contributed by atoms with E-state index in [0.29, 0.717) is 30.5 Å². The molecule has 1 saturated heterocycles. The third-order valence-electron chi connectivity index (χ3n) is 3.19. The predicted octanol–water partition coefficient (Wildman–Crippen LogP) is 1.70. The molecule has 4 nitrogen and oxygen atoms in total. The SMILES string of the molecule is CC(C)c1ccc(/C(=C/NC2COC2)NN)cc1F. The molecule has 0 saturated carbocycles. The highest BCUT2D eigenvalue weighted by Crippen LogP contribution is 2.21. The number of halogens is 1. The summed E-state index contributed by atoms with van der Waals surface area (Å²) in [5, 5.41) is 3.17. The van der Waals surface area contributed by atoms with Crippen LogP contribution in [0.1, 0.15) is 30.9 Å². The van der Waals surface area contributed by atoms with Crippen LogP contribution in [0.15, 0.2) is 24.4 Å². The normalized spacial score (nSPS) is 16.4. The van der Waals surface area contributed by atoms with E-state index in [1.165, 1.54) is 6.07 Å². The number of hydrogen-bond acceptors (Lipinski definition) is 4. The predicted molar refractivity (Wildman–Crippen MR) is 73.5 cm³/mol. The van der Waals surface area contributed by atoms with Crippen molar-refractivity contribution in [3.63, 3.8) is 0 Å². The number of nitrogens with one attached hydrogen (secondary N) is 2. The van der Waals surface area contributed by atoms with Gasteiger partial charge < -0.3 is 15.5 Å². The van der Waals surface area contributed by atoms with Gasteiger partial charge >= 0.3 is 0 Å². The lowest BCUT2D eigenvalue weighted by Crippen LogP contribution is -2.43. The van der Waals surface area contributed by atoms with Crippen molar-refractivity contribution >= 4 is 5.70 Å². The molecule has 0 aromatic heterocycles. The molecule has 19 heavy (non-hydrogen) atoms. The first kappa shape index (κ1) is 13.8. The second kappa shape index (κ2) is 6.04. The first-order chi connectivity index (χ1) is 9.11. The molecule has 0 aliphatic carbocycles. The molecule has 104 valence electrons. The van der Waals surface area contributed by atoms with E-state index in [1.807, 2.05) is 19.9 Å². The van der Waals surface area contributed by atoms with Gasteiger partial charge in [-0.05, 0) is 17.5 Å². The summed E-state index contributed by atoms with van der Waals surface area (Å²) in [7, 11) is 0. The van der Waals surface area contributed by atoms with Crippen LogP contribution in [0.5, 0.6) is 0 Å². The van der Waals surface area contributed by atoms with Crippen molar-refractivity contribution in [1.82, 2.24) is 10.7 Å². The van der Waals surface area contributed by atoms with Gasteiger partial charge in [0.1, 0.15) is 5.82 Å². The number of hydrogen-bond donors (Lipinski definition) is 3. The molecule has 5 heteroatoms. The maximum atomic E-state index is 13.9. The van der Waals surface area contributed by atoms with Gasteiger partial charge in [-0.15, -0.1) is 0 Å². The van der Waals surface area contributed by atoms with Crippen molar-refractivity contribution in [3.8, 4) is 0 Å². The van der Waals surface area contributed by atoms with E-state index in [-0.39, 0.29) is 11.7 Å². The largest absolute Gasteiger partial charge is 0.382 e. The minimum atomic E-state index is -0.208. The fraction of sp³-hybridized carbons (Fsp3) is 0.429. The lowest BCUT2D eigenvalue weighted by Gasteiger charge is -2.26. The zero-order valence-electron chi connectivity index (χ0n) is 11.2. The summed E-state index contributed by atoms with van der Waals surface area (Å²) in [5.41, 5.74) is 4.67. The topological polar surface area (TPSA) is 59.3 Å². The van der Waals surface area contributed by atoms with Crippen LogP contribution in [0.25, 0.3) is 5.70 Å². The molecule has 1 heterocycles. The maximum Gasteiger partial charge on any atom is 0.127 e. The van der Waals surface area contributed by atoms with E-state index in [0.717, 1.165) is 5.56 Å². The minimum Gasteiger partial charge on any atom is -0.382 e. The highest BCUT2D eigenvalue weighted by atomic mass is 19.1. The molecule has 0 unspecified atom stereocenters. The smallest absolute Gasteiger partial charge is 0.127 e. The van der Waals surface area contributed by atoms with Crippen LogP contribution in [0, 0.1) is 5.82 Å². The number of benzene rings is 1. The van der Waals surface area contributed by atoms with Crippen LogP contribution < -0.4 is 16.6 Å². The van der Waals surface area contributed by atoms with Crippen molar-refractivity contribution < 1.29 is 9.13 Å². The molecule has 1 fully saturated rings. The summed E-state index contributed by atoms with van der Waals surface area (Å²) in [6, 6.07) is 5.47. The van der Waals surface area contributed by atoms with Gasteiger partial charge in [-0.2, -0.15) is 0 Å². The standard InChI is InChI=1S/C14H20FN3O/c1-9(2)12-4-3-10(5-13(12)15)14(18-16)6-17-11-7-19-8-11/h3-6,9,11,17-18H,7-8,16H2,1-2H3/b14-6-. The summed E-state index contributed by atoms with van der Waals surface area (Å²) in [6.45, 7) is 5.31. The highest BCUT2D eigenvalue weighted by Gasteiger charge is 2.16. The zero-order chi connectivity index (χ0) is 13.8. The van der Waals surface area contributed by atoms with Crippen LogP contribution in [0.3, 0.4) is 0 Å². The summed E-state index contributed by atoms with van der Waals surface area (Å²) >= 11 is 0. The van der Waals surface area contributed by atoms with Crippen LogP contribution >= 0.6 is 0 Å². The van der Waals surface area contributed by atoms with Gasteiger partial charge in [0.05, 0.1) is 25.0 Å². The Bertz CT molecular complexity index is 470. The molecule has 0 atom stereocenters. The summed E-state index contributed by atoms with van der Waals surface area (Å²) in [5.74, 6) is 5.44. The molecule has 1 aliphatic heterocycles. The highest BCUT2D eigenvalue weighted by molar-refractivity contribution is 5.63. The zero-order valence-corrected chi connectivity index (χ0v) is 11.2. The quantitative estimate of drug-likeness (QED) is 0.560. The summed E-state index contributed by atoms with van der Waals surface area (Å²) in [6.07, 6.45) is 1.76. The molecule has 1 aliphatic rings. The van der Waals surface area contributed by atoms with Crippen molar-refractivity contribution in [2.45, 2.75) is 25.8 Å². The van der Waals surface area contributed by atoms with Crippen molar-refractivity contribution in [1.29, 1.82) is 0 Å². The molecule has 0 bridgehead atoms. The monoisotopic (exact) mass is 265 g/mol. The van der Waals surface area contributed by atoms with Gasteiger partial charge in [-0.25, -0.2) is 4.39 Å². The van der Waals surface area contributed by atoms with Gasteiger partial charge in [0.25, 0.3) is 0 Å². The fourth-order valence-corrected chi connectivity index (χ4v) is 1.90. The molecule has 0 spiro atoms. The summed E-state index contributed by atoms with van der Waals surface area (Å²) in [4.78, 5) is 0. The van der Waals surface area contributed by atoms with Crippen molar-refractivity contribution in [2.24, 2.45) is 5.84 Å². The maximum absolute atomic E-state index is 13.9. The van der Waals surface area contributed by atoms with Gasteiger partial charge in [0.15, 0.2) is 0 Å². The van der Waals surface area contributed by atoms with Crippen molar-refractivity contribution in [2.75, 3.05) is 13.2 Å². The Balaban J connectivity index is 2.15. The van der Waals surface area contributed by atoms with E-state index >= 15 is 0 Å². The molecular formula is C14H20FN3O. The molecule has 4 N–H and O–H groups in total. The molecule has 1 aromatic carbocycles. The average molecular weight is 265 g/mol. The lowest BCUT2D eigenvalue weighted by atomic mass is 10.00. The second-order valence-corrected chi connectivity index (χ2v) is 4.99. The third-order valence-corrected chi connectivity index (χ3v) is 3.19. The lowest BCUT2D eigenvalue weighted by molar-refractivity contribution is 0.000800. The van der Waals surface area contributed by atoms with Crippen LogP contribution in [-0.4, -0.2) is 19.3 Å². The molecule has 1 aromatic rings. The van der Waals surface area contributed by atoms with Gasteiger partial charge in [0, 0.05) is 11.8 Å². The van der Waals surface area contributed by atoms with E-state index in [1.54, 1.807) is 12.3 Å². The van der Waals surface area contributed by atoms with E-state index in [2.05, 4.69) is 10.7 Å². The number of nitrogens with two attached hydrogens (primary N) is 1. The Kier molecular flexibility index (Phi) is 4.39. The van der Waals surface area contributed by atoms with Crippen LogP contribution in [0.4, 0.5) is 4.39 Å². The number of rotatable bonds is 5.